The van der Waals surface area contributed by atoms with Crippen LogP contribution < -0.4 is 11.1 Å². The van der Waals surface area contributed by atoms with E-state index in [1.54, 1.807) is 0 Å². The zero-order valence-corrected chi connectivity index (χ0v) is 9.40. The predicted molar refractivity (Wildman–Crippen MR) is 64.8 cm³/mol. The Morgan fingerprint density at radius 1 is 1.43 bits per heavy atom. The summed E-state index contributed by atoms with van der Waals surface area (Å²) in [6.07, 6.45) is 0. The van der Waals surface area contributed by atoms with Gasteiger partial charge in [0.1, 0.15) is 0 Å². The first-order chi connectivity index (χ1) is 6.59. The fraction of sp³-hybridized carbons (Fsp3) is 0.455. The summed E-state index contributed by atoms with van der Waals surface area (Å²) in [7, 11) is 0. The molecule has 1 saturated heterocycles. The van der Waals surface area contributed by atoms with Crippen molar-refractivity contribution in [1.82, 2.24) is 0 Å². The fourth-order valence-electron chi connectivity index (χ4n) is 1.53. The summed E-state index contributed by atoms with van der Waals surface area (Å²) in [5.74, 6) is 1.17. The molecule has 2 nitrogen and oxygen atoms in total. The third-order valence-corrected chi connectivity index (χ3v) is 4.28. The molecule has 0 amide bonds. The van der Waals surface area contributed by atoms with Crippen LogP contribution in [0, 0.1) is 0 Å². The van der Waals surface area contributed by atoms with E-state index in [9.17, 15) is 0 Å². The Labute approximate surface area is 89.3 Å². The van der Waals surface area contributed by atoms with Crippen LogP contribution in [-0.2, 0) is 0 Å². The third kappa shape index (κ3) is 1.69. The van der Waals surface area contributed by atoms with Crippen LogP contribution in [0.15, 0.2) is 24.3 Å². The van der Waals surface area contributed by atoms with Crippen molar-refractivity contribution in [2.45, 2.75) is 24.6 Å². The van der Waals surface area contributed by atoms with Crippen molar-refractivity contribution in [3.63, 3.8) is 0 Å². The molecule has 3 heteroatoms. The predicted octanol–water partition coefficient (Wildman–Crippen LogP) is 2.57. The SMILES string of the molecule is CC1(C)SCC1Nc1ccccc1N. The first kappa shape index (κ1) is 9.71. The lowest BCUT2D eigenvalue weighted by atomic mass is 10.0. The highest BCUT2D eigenvalue weighted by molar-refractivity contribution is 8.02. The van der Waals surface area contributed by atoms with E-state index in [4.69, 9.17) is 5.73 Å². The van der Waals surface area contributed by atoms with E-state index < -0.39 is 0 Å². The molecule has 0 aliphatic carbocycles. The zero-order valence-electron chi connectivity index (χ0n) is 8.58. The van der Waals surface area contributed by atoms with Gasteiger partial charge in [-0.2, -0.15) is 11.8 Å². The van der Waals surface area contributed by atoms with Crippen LogP contribution in [0.3, 0.4) is 0 Å². The van der Waals surface area contributed by atoms with Crippen molar-refractivity contribution >= 4 is 23.1 Å². The van der Waals surface area contributed by atoms with E-state index in [0.717, 1.165) is 11.4 Å². The number of anilines is 2. The zero-order chi connectivity index (χ0) is 10.2. The van der Waals surface area contributed by atoms with Gasteiger partial charge in [0.05, 0.1) is 11.4 Å². The van der Waals surface area contributed by atoms with Gasteiger partial charge < -0.3 is 11.1 Å². The second-order valence-electron chi connectivity index (χ2n) is 4.20. The molecule has 1 unspecified atom stereocenters. The molecule has 0 radical (unpaired) electrons. The Morgan fingerprint density at radius 3 is 2.64 bits per heavy atom. The average Bonchev–Trinajstić information content (AvgIpc) is 2.15. The molecule has 1 aliphatic rings. The number of hydrogen-bond acceptors (Lipinski definition) is 3. The summed E-state index contributed by atoms with van der Waals surface area (Å²) < 4.78 is 0.336. The van der Waals surface area contributed by atoms with Crippen LogP contribution in [0.1, 0.15) is 13.8 Å². The van der Waals surface area contributed by atoms with E-state index in [0.29, 0.717) is 10.8 Å². The number of rotatable bonds is 2. The van der Waals surface area contributed by atoms with Crippen molar-refractivity contribution in [2.75, 3.05) is 16.8 Å². The highest BCUT2D eigenvalue weighted by Gasteiger charge is 2.39. The Kier molecular flexibility index (Phi) is 2.35. The van der Waals surface area contributed by atoms with Gasteiger partial charge in [-0.25, -0.2) is 0 Å². The topological polar surface area (TPSA) is 38.0 Å². The summed E-state index contributed by atoms with van der Waals surface area (Å²) in [6.45, 7) is 4.52. The summed E-state index contributed by atoms with van der Waals surface area (Å²) in [4.78, 5) is 0. The molecular formula is C11H16N2S. The first-order valence-corrected chi connectivity index (χ1v) is 5.83. The molecule has 1 aromatic carbocycles. The van der Waals surface area contributed by atoms with Crippen molar-refractivity contribution < 1.29 is 0 Å². The molecule has 1 heterocycles. The molecule has 1 fully saturated rings. The molecular weight excluding hydrogens is 192 g/mol. The van der Waals surface area contributed by atoms with Gasteiger partial charge in [0.2, 0.25) is 0 Å². The van der Waals surface area contributed by atoms with Gasteiger partial charge in [-0.3, -0.25) is 0 Å². The number of benzene rings is 1. The van der Waals surface area contributed by atoms with Gasteiger partial charge in [0.15, 0.2) is 0 Å². The monoisotopic (exact) mass is 208 g/mol. The van der Waals surface area contributed by atoms with Crippen LogP contribution in [0.4, 0.5) is 11.4 Å². The normalized spacial score (nSPS) is 24.0. The van der Waals surface area contributed by atoms with Crippen molar-refractivity contribution in [3.8, 4) is 0 Å². The van der Waals surface area contributed by atoms with E-state index in [1.165, 1.54) is 5.75 Å². The Morgan fingerprint density at radius 2 is 2.14 bits per heavy atom. The summed E-state index contributed by atoms with van der Waals surface area (Å²) in [6, 6.07) is 8.48. The molecule has 0 bridgehead atoms. The molecule has 1 aliphatic heterocycles. The number of nitrogens with one attached hydrogen (secondary N) is 1. The molecule has 0 saturated carbocycles. The smallest absolute Gasteiger partial charge is 0.0576 e. The van der Waals surface area contributed by atoms with Crippen LogP contribution in [0.2, 0.25) is 0 Å². The molecule has 2 rings (SSSR count). The van der Waals surface area contributed by atoms with Crippen LogP contribution in [0.25, 0.3) is 0 Å². The van der Waals surface area contributed by atoms with Gasteiger partial charge in [0.25, 0.3) is 0 Å². The average molecular weight is 208 g/mol. The number of thioether (sulfide) groups is 1. The maximum atomic E-state index is 5.87. The first-order valence-electron chi connectivity index (χ1n) is 4.84. The van der Waals surface area contributed by atoms with Gasteiger partial charge in [-0.05, 0) is 26.0 Å². The minimum atomic E-state index is 0.336. The van der Waals surface area contributed by atoms with E-state index in [-0.39, 0.29) is 0 Å². The number of hydrogen-bond donors (Lipinski definition) is 2. The van der Waals surface area contributed by atoms with E-state index >= 15 is 0 Å². The third-order valence-electron chi connectivity index (χ3n) is 2.75. The number of nitrogen functional groups attached to an aromatic ring is 1. The molecule has 0 aromatic heterocycles. The van der Waals surface area contributed by atoms with Crippen LogP contribution in [-0.4, -0.2) is 16.5 Å². The van der Waals surface area contributed by atoms with Gasteiger partial charge >= 0.3 is 0 Å². The van der Waals surface area contributed by atoms with Gasteiger partial charge in [-0.1, -0.05) is 12.1 Å². The quantitative estimate of drug-likeness (QED) is 0.734. The van der Waals surface area contributed by atoms with Crippen molar-refractivity contribution in [2.24, 2.45) is 0 Å². The van der Waals surface area contributed by atoms with Crippen LogP contribution >= 0.6 is 11.8 Å². The molecule has 14 heavy (non-hydrogen) atoms. The number of para-hydroxylation sites is 2. The minimum Gasteiger partial charge on any atom is -0.397 e. The largest absolute Gasteiger partial charge is 0.397 e. The lowest BCUT2D eigenvalue weighted by molar-refractivity contribution is 0.577. The summed E-state index contributed by atoms with van der Waals surface area (Å²) in [5, 5.41) is 3.49. The van der Waals surface area contributed by atoms with Crippen molar-refractivity contribution in [3.05, 3.63) is 24.3 Å². The second-order valence-corrected chi connectivity index (χ2v) is 5.87. The van der Waals surface area contributed by atoms with Gasteiger partial charge in [-0.15, -0.1) is 0 Å². The van der Waals surface area contributed by atoms with Crippen LogP contribution in [0.5, 0.6) is 0 Å². The Hall–Kier alpha value is -0.830. The van der Waals surface area contributed by atoms with E-state index in [1.807, 2.05) is 36.0 Å². The second kappa shape index (κ2) is 3.39. The number of nitrogens with two attached hydrogens (primary N) is 1. The summed E-state index contributed by atoms with van der Waals surface area (Å²) >= 11 is 1.99. The Balaban J connectivity index is 2.08. The highest BCUT2D eigenvalue weighted by Crippen LogP contribution is 2.42. The fourth-order valence-corrected chi connectivity index (χ4v) is 2.67. The van der Waals surface area contributed by atoms with Crippen molar-refractivity contribution in [1.29, 1.82) is 0 Å². The maximum absolute atomic E-state index is 5.87. The lowest BCUT2D eigenvalue weighted by Crippen LogP contribution is -2.50. The summed E-state index contributed by atoms with van der Waals surface area (Å²) in [5.41, 5.74) is 7.76. The standard InChI is InChI=1S/C11H16N2S/c1-11(2)10(7-14-11)13-9-6-4-3-5-8(9)12/h3-6,10,13H,7,12H2,1-2H3. The Bertz CT molecular complexity index is 336. The maximum Gasteiger partial charge on any atom is 0.0576 e. The van der Waals surface area contributed by atoms with Gasteiger partial charge in [0, 0.05) is 16.5 Å². The minimum absolute atomic E-state index is 0.336. The molecule has 76 valence electrons. The molecule has 3 N–H and O–H groups in total. The lowest BCUT2D eigenvalue weighted by Gasteiger charge is -2.44. The molecule has 1 atom stereocenters. The molecule has 0 spiro atoms. The van der Waals surface area contributed by atoms with E-state index in [2.05, 4.69) is 19.2 Å². The highest BCUT2D eigenvalue weighted by atomic mass is 32.2. The molecule has 1 aromatic rings.